The van der Waals surface area contributed by atoms with Crippen molar-refractivity contribution in [3.63, 3.8) is 0 Å². The standard InChI is InChI=1S/C15H9F4NO/c1-9-2-4-12(16)7-14(9)21-13-5-3-11(15(17,18)19)6-10(13)8-20/h2-7H,1H3. The fourth-order valence-corrected chi connectivity index (χ4v) is 1.69. The van der Waals surface area contributed by atoms with Gasteiger partial charge in [-0.3, -0.25) is 0 Å². The highest BCUT2D eigenvalue weighted by atomic mass is 19.4. The summed E-state index contributed by atoms with van der Waals surface area (Å²) < 4.78 is 56.2. The van der Waals surface area contributed by atoms with Gasteiger partial charge in [0.25, 0.3) is 0 Å². The molecule has 0 N–H and O–H groups in total. The van der Waals surface area contributed by atoms with E-state index in [2.05, 4.69) is 0 Å². The van der Waals surface area contributed by atoms with E-state index in [1.54, 1.807) is 13.0 Å². The second-order valence-corrected chi connectivity index (χ2v) is 4.33. The molecule has 2 aromatic carbocycles. The zero-order valence-electron chi connectivity index (χ0n) is 10.8. The summed E-state index contributed by atoms with van der Waals surface area (Å²) >= 11 is 0. The zero-order valence-corrected chi connectivity index (χ0v) is 10.8. The summed E-state index contributed by atoms with van der Waals surface area (Å²) in [5.41, 5.74) is -0.615. The second-order valence-electron chi connectivity index (χ2n) is 4.33. The van der Waals surface area contributed by atoms with E-state index in [9.17, 15) is 17.6 Å². The summed E-state index contributed by atoms with van der Waals surface area (Å²) in [6.07, 6.45) is -4.54. The van der Waals surface area contributed by atoms with E-state index < -0.39 is 17.6 Å². The number of nitriles is 1. The first kappa shape index (κ1) is 14.9. The third-order valence-corrected chi connectivity index (χ3v) is 2.80. The van der Waals surface area contributed by atoms with Gasteiger partial charge < -0.3 is 4.74 Å². The van der Waals surface area contributed by atoms with Gasteiger partial charge in [-0.1, -0.05) is 6.07 Å². The van der Waals surface area contributed by atoms with Crippen LogP contribution < -0.4 is 4.74 Å². The van der Waals surface area contributed by atoms with Crippen LogP contribution in [-0.4, -0.2) is 0 Å². The number of hydrogen-bond acceptors (Lipinski definition) is 2. The van der Waals surface area contributed by atoms with Crippen LogP contribution in [0.5, 0.6) is 11.5 Å². The summed E-state index contributed by atoms with van der Waals surface area (Å²) in [7, 11) is 0. The van der Waals surface area contributed by atoms with Gasteiger partial charge in [-0.2, -0.15) is 18.4 Å². The van der Waals surface area contributed by atoms with Crippen molar-refractivity contribution in [2.75, 3.05) is 0 Å². The molecule has 2 rings (SSSR count). The van der Waals surface area contributed by atoms with Crippen LogP contribution in [0.25, 0.3) is 0 Å². The molecule has 21 heavy (non-hydrogen) atoms. The molecule has 0 aliphatic rings. The molecule has 0 amide bonds. The number of benzene rings is 2. The van der Waals surface area contributed by atoms with Crippen molar-refractivity contribution in [2.45, 2.75) is 13.1 Å². The first-order chi connectivity index (χ1) is 9.81. The van der Waals surface area contributed by atoms with Gasteiger partial charge >= 0.3 is 6.18 Å². The van der Waals surface area contributed by atoms with E-state index in [0.717, 1.165) is 18.2 Å². The number of ether oxygens (including phenoxy) is 1. The Morgan fingerprint density at radius 2 is 1.76 bits per heavy atom. The van der Waals surface area contributed by atoms with Crippen molar-refractivity contribution in [3.8, 4) is 17.6 Å². The number of alkyl halides is 3. The number of halogens is 4. The van der Waals surface area contributed by atoms with Crippen LogP contribution in [0.1, 0.15) is 16.7 Å². The Hall–Kier alpha value is -2.55. The lowest BCUT2D eigenvalue weighted by Gasteiger charge is -2.12. The molecule has 0 fully saturated rings. The van der Waals surface area contributed by atoms with E-state index in [-0.39, 0.29) is 17.1 Å². The van der Waals surface area contributed by atoms with Crippen LogP contribution in [0.2, 0.25) is 0 Å². The monoisotopic (exact) mass is 295 g/mol. The first-order valence-corrected chi connectivity index (χ1v) is 5.86. The maximum atomic E-state index is 13.2. The predicted octanol–water partition coefficient (Wildman–Crippen LogP) is 4.82. The van der Waals surface area contributed by atoms with Crippen LogP contribution in [0.3, 0.4) is 0 Å². The van der Waals surface area contributed by atoms with Crippen molar-refractivity contribution in [2.24, 2.45) is 0 Å². The minimum Gasteiger partial charge on any atom is -0.456 e. The van der Waals surface area contributed by atoms with Crippen LogP contribution in [0.15, 0.2) is 36.4 Å². The molecule has 0 aliphatic heterocycles. The Morgan fingerprint density at radius 1 is 1.05 bits per heavy atom. The number of hydrogen-bond donors (Lipinski definition) is 0. The smallest absolute Gasteiger partial charge is 0.416 e. The molecule has 6 heteroatoms. The van der Waals surface area contributed by atoms with Crippen molar-refractivity contribution in [1.82, 2.24) is 0 Å². The Morgan fingerprint density at radius 3 is 2.38 bits per heavy atom. The lowest BCUT2D eigenvalue weighted by atomic mass is 10.1. The van der Waals surface area contributed by atoms with Gasteiger partial charge in [-0.15, -0.1) is 0 Å². The Bertz CT molecular complexity index is 717. The normalized spacial score (nSPS) is 11.0. The third kappa shape index (κ3) is 3.31. The third-order valence-electron chi connectivity index (χ3n) is 2.80. The molecule has 0 unspecified atom stereocenters. The van der Waals surface area contributed by atoms with Crippen LogP contribution in [0.4, 0.5) is 17.6 Å². The number of nitrogens with zero attached hydrogens (tertiary/aromatic N) is 1. The van der Waals surface area contributed by atoms with Gasteiger partial charge in [0, 0.05) is 6.07 Å². The van der Waals surface area contributed by atoms with E-state index in [0.29, 0.717) is 11.6 Å². The number of aryl methyl sites for hydroxylation is 1. The zero-order chi connectivity index (χ0) is 15.6. The minimum atomic E-state index is -4.54. The van der Waals surface area contributed by atoms with Gasteiger partial charge in [0.05, 0.1) is 11.1 Å². The Labute approximate surface area is 118 Å². The summed E-state index contributed by atoms with van der Waals surface area (Å²) in [6, 6.07) is 8.01. The molecule has 0 aromatic heterocycles. The van der Waals surface area contributed by atoms with E-state index in [1.165, 1.54) is 12.1 Å². The summed E-state index contributed by atoms with van der Waals surface area (Å²) in [5.74, 6) is -0.452. The van der Waals surface area contributed by atoms with Gasteiger partial charge in [0.1, 0.15) is 23.4 Å². The second kappa shape index (κ2) is 5.44. The molecular formula is C15H9F4NO. The van der Waals surface area contributed by atoms with E-state index >= 15 is 0 Å². The van der Waals surface area contributed by atoms with Gasteiger partial charge in [-0.05, 0) is 36.8 Å². The minimum absolute atomic E-state index is 0.0563. The summed E-state index contributed by atoms with van der Waals surface area (Å²) in [4.78, 5) is 0. The van der Waals surface area contributed by atoms with Crippen LogP contribution in [0, 0.1) is 24.1 Å². The fraction of sp³-hybridized carbons (Fsp3) is 0.133. The quantitative estimate of drug-likeness (QED) is 0.744. The molecule has 0 bridgehead atoms. The van der Waals surface area contributed by atoms with Crippen molar-refractivity contribution in [1.29, 1.82) is 5.26 Å². The van der Waals surface area contributed by atoms with Crippen molar-refractivity contribution < 1.29 is 22.3 Å². The molecule has 0 spiro atoms. The summed E-state index contributed by atoms with van der Waals surface area (Å²) in [5, 5.41) is 8.94. The maximum absolute atomic E-state index is 13.2. The van der Waals surface area contributed by atoms with Gasteiger partial charge in [0.15, 0.2) is 0 Å². The predicted molar refractivity (Wildman–Crippen MR) is 67.4 cm³/mol. The molecule has 0 saturated carbocycles. The van der Waals surface area contributed by atoms with Crippen molar-refractivity contribution in [3.05, 3.63) is 58.9 Å². The van der Waals surface area contributed by atoms with Crippen molar-refractivity contribution >= 4 is 0 Å². The average Bonchev–Trinajstić information content (AvgIpc) is 2.42. The summed E-state index contributed by atoms with van der Waals surface area (Å²) in [6.45, 7) is 1.66. The van der Waals surface area contributed by atoms with Crippen LogP contribution in [-0.2, 0) is 6.18 Å². The highest BCUT2D eigenvalue weighted by Crippen LogP contribution is 2.34. The van der Waals surface area contributed by atoms with E-state index in [4.69, 9.17) is 10.00 Å². The molecule has 0 atom stereocenters. The van der Waals surface area contributed by atoms with E-state index in [1.807, 2.05) is 0 Å². The average molecular weight is 295 g/mol. The maximum Gasteiger partial charge on any atom is 0.416 e. The molecule has 0 heterocycles. The van der Waals surface area contributed by atoms with Gasteiger partial charge in [0.2, 0.25) is 0 Å². The Balaban J connectivity index is 2.41. The van der Waals surface area contributed by atoms with Gasteiger partial charge in [-0.25, -0.2) is 4.39 Å². The highest BCUT2D eigenvalue weighted by Gasteiger charge is 2.31. The lowest BCUT2D eigenvalue weighted by Crippen LogP contribution is -2.05. The number of rotatable bonds is 2. The topological polar surface area (TPSA) is 33.0 Å². The molecule has 2 aromatic rings. The lowest BCUT2D eigenvalue weighted by molar-refractivity contribution is -0.137. The van der Waals surface area contributed by atoms with Crippen LogP contribution >= 0.6 is 0 Å². The molecule has 0 saturated heterocycles. The molecule has 0 aliphatic carbocycles. The largest absolute Gasteiger partial charge is 0.456 e. The molecule has 108 valence electrons. The first-order valence-electron chi connectivity index (χ1n) is 5.86. The fourth-order valence-electron chi connectivity index (χ4n) is 1.69. The highest BCUT2D eigenvalue weighted by molar-refractivity contribution is 5.49. The SMILES string of the molecule is Cc1ccc(F)cc1Oc1ccc(C(F)(F)F)cc1C#N. The Kier molecular flexibility index (Phi) is 3.85. The molecule has 2 nitrogen and oxygen atoms in total. The molecular weight excluding hydrogens is 286 g/mol. The molecule has 0 radical (unpaired) electrons.